The number of hydrogen-bond donors (Lipinski definition) is 1. The zero-order valence-corrected chi connectivity index (χ0v) is 12.1. The molecule has 106 valence electrons. The van der Waals surface area contributed by atoms with Crippen LogP contribution in [0.4, 0.5) is 5.69 Å². The molecule has 0 bridgehead atoms. The smallest absolute Gasteiger partial charge is 0.246 e. The van der Waals surface area contributed by atoms with Crippen LogP contribution in [0.25, 0.3) is 0 Å². The summed E-state index contributed by atoms with van der Waals surface area (Å²) >= 11 is 0. The lowest BCUT2D eigenvalue weighted by molar-refractivity contribution is 0.462. The first kappa shape index (κ1) is 14.4. The van der Waals surface area contributed by atoms with Gasteiger partial charge in [-0.15, -0.1) is 0 Å². The first-order valence-corrected chi connectivity index (χ1v) is 7.47. The Morgan fingerprint density at radius 2 is 2.05 bits per heavy atom. The molecular weight excluding hydrogens is 276 g/mol. The second-order valence-corrected chi connectivity index (χ2v) is 6.22. The maximum Gasteiger partial charge on any atom is 0.246 e. The molecule has 0 unspecified atom stereocenters. The lowest BCUT2D eigenvalue weighted by Crippen LogP contribution is -2.27. The van der Waals surface area contributed by atoms with Gasteiger partial charge < -0.3 is 5.32 Å². The van der Waals surface area contributed by atoms with Gasteiger partial charge in [-0.2, -0.15) is 4.31 Å². The Morgan fingerprint density at radius 3 is 2.70 bits per heavy atom. The summed E-state index contributed by atoms with van der Waals surface area (Å²) in [5, 5.41) is 2.86. The molecule has 20 heavy (non-hydrogen) atoms. The standard InChI is InChI=1S/C13H16N4O2S/c1-14-12-6-8-15-9-13(12)20(18,19)17(2)10-11-5-3-4-7-16-11/h3-9H,10H2,1-2H3,(H,14,15). The SMILES string of the molecule is CNc1ccncc1S(=O)(=O)N(C)Cc1ccccn1. The Hall–Kier alpha value is -1.99. The predicted octanol–water partition coefficient (Wildman–Crippen LogP) is 1.34. The second kappa shape index (κ2) is 5.98. The summed E-state index contributed by atoms with van der Waals surface area (Å²) in [6.07, 6.45) is 4.53. The van der Waals surface area contributed by atoms with Crippen molar-refractivity contribution >= 4 is 15.7 Å². The van der Waals surface area contributed by atoms with Crippen LogP contribution in [-0.2, 0) is 16.6 Å². The molecule has 7 heteroatoms. The Balaban J connectivity index is 2.30. The highest BCUT2D eigenvalue weighted by Gasteiger charge is 2.24. The number of nitrogens with zero attached hydrogens (tertiary/aromatic N) is 3. The van der Waals surface area contributed by atoms with Crippen LogP contribution in [0.15, 0.2) is 47.8 Å². The number of pyridine rings is 2. The van der Waals surface area contributed by atoms with Crippen LogP contribution in [0, 0.1) is 0 Å². The van der Waals surface area contributed by atoms with E-state index in [1.165, 1.54) is 17.5 Å². The lowest BCUT2D eigenvalue weighted by Gasteiger charge is -2.18. The van der Waals surface area contributed by atoms with Gasteiger partial charge in [0.2, 0.25) is 10.0 Å². The fourth-order valence-corrected chi connectivity index (χ4v) is 3.04. The number of aromatic nitrogens is 2. The second-order valence-electron chi connectivity index (χ2n) is 4.20. The summed E-state index contributed by atoms with van der Waals surface area (Å²) in [6.45, 7) is 0.210. The number of sulfonamides is 1. The van der Waals surface area contributed by atoms with E-state index in [1.54, 1.807) is 37.6 Å². The molecule has 0 saturated carbocycles. The third-order valence-electron chi connectivity index (χ3n) is 2.85. The zero-order valence-electron chi connectivity index (χ0n) is 11.3. The Kier molecular flexibility index (Phi) is 4.31. The Bertz CT molecular complexity index is 674. The molecule has 2 aromatic heterocycles. The van der Waals surface area contributed by atoms with Crippen molar-refractivity contribution in [2.75, 3.05) is 19.4 Å². The largest absolute Gasteiger partial charge is 0.387 e. The highest BCUT2D eigenvalue weighted by Crippen LogP contribution is 2.23. The number of anilines is 1. The van der Waals surface area contributed by atoms with Crippen molar-refractivity contribution in [3.8, 4) is 0 Å². The molecule has 1 N–H and O–H groups in total. The summed E-state index contributed by atoms with van der Waals surface area (Å²) < 4.78 is 26.3. The minimum Gasteiger partial charge on any atom is -0.387 e. The molecule has 2 aromatic rings. The van der Waals surface area contributed by atoms with E-state index >= 15 is 0 Å². The average Bonchev–Trinajstić information content (AvgIpc) is 2.48. The molecule has 0 saturated heterocycles. The lowest BCUT2D eigenvalue weighted by atomic mass is 10.3. The first-order valence-electron chi connectivity index (χ1n) is 6.03. The fraction of sp³-hybridized carbons (Fsp3) is 0.231. The molecule has 0 radical (unpaired) electrons. The van der Waals surface area contributed by atoms with Gasteiger partial charge in [-0.3, -0.25) is 9.97 Å². The summed E-state index contributed by atoms with van der Waals surface area (Å²) in [5.41, 5.74) is 1.21. The number of hydrogen-bond acceptors (Lipinski definition) is 5. The zero-order chi connectivity index (χ0) is 14.6. The minimum atomic E-state index is -3.61. The maximum atomic E-state index is 12.5. The van der Waals surface area contributed by atoms with Crippen molar-refractivity contribution in [3.63, 3.8) is 0 Å². The van der Waals surface area contributed by atoms with E-state index in [0.29, 0.717) is 11.4 Å². The van der Waals surface area contributed by atoms with Gasteiger partial charge >= 0.3 is 0 Å². The molecule has 0 aliphatic carbocycles. The van der Waals surface area contributed by atoms with Gasteiger partial charge in [-0.1, -0.05) is 6.07 Å². The van der Waals surface area contributed by atoms with E-state index in [4.69, 9.17) is 0 Å². The van der Waals surface area contributed by atoms with Crippen molar-refractivity contribution in [3.05, 3.63) is 48.5 Å². The molecule has 0 aliphatic heterocycles. The van der Waals surface area contributed by atoms with E-state index in [2.05, 4.69) is 15.3 Å². The molecule has 0 fully saturated rings. The number of rotatable bonds is 5. The first-order chi connectivity index (χ1) is 9.55. The quantitative estimate of drug-likeness (QED) is 0.900. The van der Waals surface area contributed by atoms with Crippen LogP contribution >= 0.6 is 0 Å². The van der Waals surface area contributed by atoms with Crippen LogP contribution in [0.3, 0.4) is 0 Å². The summed E-state index contributed by atoms with van der Waals surface area (Å²) in [4.78, 5) is 8.17. The van der Waals surface area contributed by atoms with E-state index in [1.807, 2.05) is 6.07 Å². The van der Waals surface area contributed by atoms with Gasteiger partial charge in [0.1, 0.15) is 4.90 Å². The molecule has 0 aliphatic rings. The molecule has 6 nitrogen and oxygen atoms in total. The van der Waals surface area contributed by atoms with Crippen molar-refractivity contribution in [1.29, 1.82) is 0 Å². The van der Waals surface area contributed by atoms with Gasteiger partial charge in [-0.05, 0) is 18.2 Å². The topological polar surface area (TPSA) is 75.2 Å². The maximum absolute atomic E-state index is 12.5. The summed E-state index contributed by atoms with van der Waals surface area (Å²) in [7, 11) is -0.414. The average molecular weight is 292 g/mol. The molecule has 0 atom stereocenters. The van der Waals surface area contributed by atoms with Crippen molar-refractivity contribution in [2.24, 2.45) is 0 Å². The van der Waals surface area contributed by atoms with Gasteiger partial charge in [0.15, 0.2) is 0 Å². The molecular formula is C13H16N4O2S. The van der Waals surface area contributed by atoms with E-state index < -0.39 is 10.0 Å². The van der Waals surface area contributed by atoms with Crippen molar-refractivity contribution in [2.45, 2.75) is 11.4 Å². The normalized spacial score (nSPS) is 11.6. The molecule has 0 amide bonds. The highest BCUT2D eigenvalue weighted by atomic mass is 32.2. The third-order valence-corrected chi connectivity index (χ3v) is 4.68. The van der Waals surface area contributed by atoms with Gasteiger partial charge in [-0.25, -0.2) is 8.42 Å². The molecule has 0 aromatic carbocycles. The van der Waals surface area contributed by atoms with Crippen LogP contribution in [-0.4, -0.2) is 36.8 Å². The van der Waals surface area contributed by atoms with E-state index in [9.17, 15) is 8.42 Å². The predicted molar refractivity (Wildman–Crippen MR) is 76.7 cm³/mol. The van der Waals surface area contributed by atoms with Crippen LogP contribution in [0.2, 0.25) is 0 Å². The van der Waals surface area contributed by atoms with Gasteiger partial charge in [0, 0.05) is 32.7 Å². The van der Waals surface area contributed by atoms with E-state index in [-0.39, 0.29) is 11.4 Å². The Labute approximate surface area is 118 Å². The monoisotopic (exact) mass is 292 g/mol. The van der Waals surface area contributed by atoms with Crippen LogP contribution < -0.4 is 5.32 Å². The molecule has 0 spiro atoms. The van der Waals surface area contributed by atoms with Crippen molar-refractivity contribution < 1.29 is 8.42 Å². The third kappa shape index (κ3) is 2.94. The van der Waals surface area contributed by atoms with Crippen LogP contribution in [0.1, 0.15) is 5.69 Å². The highest BCUT2D eigenvalue weighted by molar-refractivity contribution is 7.89. The van der Waals surface area contributed by atoms with Crippen LogP contribution in [0.5, 0.6) is 0 Å². The van der Waals surface area contributed by atoms with Gasteiger partial charge in [0.25, 0.3) is 0 Å². The van der Waals surface area contributed by atoms with Gasteiger partial charge in [0.05, 0.1) is 17.9 Å². The number of nitrogens with one attached hydrogen (secondary N) is 1. The molecule has 2 rings (SSSR count). The Morgan fingerprint density at radius 1 is 1.25 bits per heavy atom. The van der Waals surface area contributed by atoms with E-state index in [0.717, 1.165) is 0 Å². The minimum absolute atomic E-state index is 0.154. The fourth-order valence-electron chi connectivity index (χ4n) is 1.76. The molecule has 2 heterocycles. The summed E-state index contributed by atoms with van der Waals surface area (Å²) in [5.74, 6) is 0. The van der Waals surface area contributed by atoms with Crippen molar-refractivity contribution in [1.82, 2.24) is 14.3 Å². The summed E-state index contributed by atoms with van der Waals surface area (Å²) in [6, 6.07) is 7.03.